The summed E-state index contributed by atoms with van der Waals surface area (Å²) in [7, 11) is -4.13. The molecule has 3 saturated carbocycles. The Balaban J connectivity index is 1.28. The van der Waals surface area contributed by atoms with Gasteiger partial charge in [0.25, 0.3) is 0 Å². The minimum atomic E-state index is -4.13. The summed E-state index contributed by atoms with van der Waals surface area (Å²) < 4.78 is 35.2. The summed E-state index contributed by atoms with van der Waals surface area (Å²) in [5, 5.41) is 4.66. The predicted molar refractivity (Wildman–Crippen MR) is 185 cm³/mol. The van der Waals surface area contributed by atoms with E-state index in [0.717, 1.165) is 49.3 Å². The van der Waals surface area contributed by atoms with E-state index in [2.05, 4.69) is 11.9 Å². The van der Waals surface area contributed by atoms with E-state index in [1.165, 1.54) is 15.3 Å². The number of rotatable bonds is 13. The largest absolute Gasteiger partial charge is 0.462 e. The summed E-state index contributed by atoms with van der Waals surface area (Å²) in [5.74, 6) is -2.11. The number of amides is 2. The van der Waals surface area contributed by atoms with Crippen LogP contribution in [0.1, 0.15) is 78.6 Å². The van der Waals surface area contributed by atoms with Gasteiger partial charge in [0, 0.05) is 19.5 Å². The highest BCUT2D eigenvalue weighted by atomic mass is 32.2. The average molecular weight is 692 g/mol. The van der Waals surface area contributed by atoms with Crippen molar-refractivity contribution >= 4 is 44.4 Å². The molecular formula is C38H49N3O7S. The number of fused-ring (bicyclic) bond motifs is 1. The summed E-state index contributed by atoms with van der Waals surface area (Å²) in [5.41, 5.74) is -1.67. The first-order valence-electron chi connectivity index (χ1n) is 17.7. The molecule has 0 aromatic heterocycles. The Kier molecular flexibility index (Phi) is 9.80. The van der Waals surface area contributed by atoms with Gasteiger partial charge >= 0.3 is 5.97 Å². The topological polar surface area (TPSA) is 130 Å². The van der Waals surface area contributed by atoms with Crippen molar-refractivity contribution in [2.75, 3.05) is 19.8 Å². The Morgan fingerprint density at radius 2 is 1.73 bits per heavy atom. The van der Waals surface area contributed by atoms with Crippen LogP contribution < -0.4 is 5.32 Å². The molecule has 1 N–H and O–H groups in total. The van der Waals surface area contributed by atoms with Crippen molar-refractivity contribution in [3.63, 3.8) is 0 Å². The van der Waals surface area contributed by atoms with Crippen LogP contribution in [0, 0.1) is 28.6 Å². The number of hydrogen-bond acceptors (Lipinski definition) is 7. The van der Waals surface area contributed by atoms with Crippen LogP contribution in [0.15, 0.2) is 60.0 Å². The van der Waals surface area contributed by atoms with Gasteiger partial charge in [0.2, 0.25) is 21.8 Å². The highest BCUT2D eigenvalue weighted by molar-refractivity contribution is 7.89. The monoisotopic (exact) mass is 691 g/mol. The van der Waals surface area contributed by atoms with Crippen LogP contribution in [0.25, 0.3) is 10.8 Å². The molecule has 1 heterocycles. The van der Waals surface area contributed by atoms with Crippen molar-refractivity contribution in [2.24, 2.45) is 28.6 Å². The van der Waals surface area contributed by atoms with Crippen LogP contribution in [0.5, 0.6) is 0 Å². The van der Waals surface area contributed by atoms with Crippen molar-refractivity contribution in [3.8, 4) is 0 Å². The Hall–Kier alpha value is -3.57. The molecule has 0 unspecified atom stereocenters. The number of benzene rings is 2. The number of sulfonamides is 1. The van der Waals surface area contributed by atoms with E-state index < -0.39 is 44.7 Å². The number of allylic oxidation sites excluding steroid dienone is 1. The molecule has 4 atom stereocenters. The van der Waals surface area contributed by atoms with Crippen molar-refractivity contribution in [1.82, 2.24) is 14.5 Å². The first kappa shape index (κ1) is 35.3. The van der Waals surface area contributed by atoms with Crippen LogP contribution in [-0.4, -0.2) is 73.1 Å². The van der Waals surface area contributed by atoms with Crippen molar-refractivity contribution in [3.05, 3.63) is 55.1 Å². The van der Waals surface area contributed by atoms with Gasteiger partial charge in [0.1, 0.15) is 12.1 Å². The molecule has 10 nitrogen and oxygen atoms in total. The maximum absolute atomic E-state index is 14.5. The third-order valence-corrected chi connectivity index (χ3v) is 12.8. The maximum atomic E-state index is 14.5. The quantitative estimate of drug-likeness (QED) is 0.225. The average Bonchev–Trinajstić information content (AvgIpc) is 3.91. The van der Waals surface area contributed by atoms with Gasteiger partial charge in [-0.3, -0.25) is 19.2 Å². The third-order valence-electron chi connectivity index (χ3n) is 11.0. The first-order valence-corrected chi connectivity index (χ1v) is 19.1. The molecule has 1 aliphatic heterocycles. The molecule has 11 heteroatoms. The summed E-state index contributed by atoms with van der Waals surface area (Å²) >= 11 is 0. The highest BCUT2D eigenvalue weighted by Crippen LogP contribution is 2.57. The second-order valence-electron chi connectivity index (χ2n) is 15.6. The molecule has 3 aliphatic carbocycles. The number of Topliss-reactive ketones (excluding diaryl/α,β-unsaturated/α-hetero) is 1. The fourth-order valence-electron chi connectivity index (χ4n) is 7.49. The fraction of sp³-hybridized carbons (Fsp3) is 0.579. The minimum absolute atomic E-state index is 0.0593. The zero-order chi connectivity index (χ0) is 35.1. The van der Waals surface area contributed by atoms with E-state index in [0.29, 0.717) is 18.9 Å². The molecule has 4 aliphatic rings. The van der Waals surface area contributed by atoms with E-state index in [1.54, 1.807) is 18.2 Å². The zero-order valence-corrected chi connectivity index (χ0v) is 29.7. The molecule has 2 aromatic carbocycles. The molecule has 4 fully saturated rings. The number of hydrogen-bond donors (Lipinski definition) is 1. The second-order valence-corrected chi connectivity index (χ2v) is 17.6. The lowest BCUT2D eigenvalue weighted by atomic mass is 9.77. The van der Waals surface area contributed by atoms with Gasteiger partial charge in [0.05, 0.1) is 29.3 Å². The number of nitrogens with zero attached hydrogens (tertiary/aromatic N) is 2. The number of ether oxygens (including phenoxy) is 1. The van der Waals surface area contributed by atoms with Crippen LogP contribution in [0.2, 0.25) is 0 Å². The number of carbonyl (C=O) groups is 4. The van der Waals surface area contributed by atoms with Crippen LogP contribution in [0.3, 0.4) is 0 Å². The third kappa shape index (κ3) is 7.48. The lowest BCUT2D eigenvalue weighted by molar-refractivity contribution is -0.156. The molecule has 264 valence electrons. The van der Waals surface area contributed by atoms with Crippen molar-refractivity contribution in [2.45, 2.75) is 95.6 Å². The molecule has 2 amide bonds. The highest BCUT2D eigenvalue weighted by Gasteiger charge is 2.60. The zero-order valence-electron chi connectivity index (χ0n) is 28.9. The Bertz CT molecular complexity index is 1740. The van der Waals surface area contributed by atoms with Gasteiger partial charge in [-0.2, -0.15) is 4.31 Å². The number of ketones is 1. The summed E-state index contributed by atoms with van der Waals surface area (Å²) in [6, 6.07) is 11.2. The number of nitrogens with one attached hydrogen (secondary N) is 1. The number of carbonyl (C=O) groups excluding carboxylic acids is 4. The van der Waals surface area contributed by atoms with Crippen LogP contribution in [0.4, 0.5) is 0 Å². The standard InChI is InChI=1S/C38H49N3O7S/c1-5-28-20-38(28,36(45)39-22-25-14-15-25)21-33(42)32-23-40(49(46,47)30-17-16-26-10-6-7-11-27(26)18-30)24-41(32)35(44)31(37(2,3)4)19-34(43)48-29-12-8-9-13-29/h5-7,10-11,16-18,25,28-29,31-32H,1,8-9,12-15,19-24H2,2-4H3,(H,39,45)/t28-,31-,32+,38-/m1/s1. The van der Waals surface area contributed by atoms with Crippen LogP contribution >= 0.6 is 0 Å². The van der Waals surface area contributed by atoms with E-state index in [-0.39, 0.29) is 54.7 Å². The van der Waals surface area contributed by atoms with Gasteiger partial charge in [-0.05, 0) is 85.1 Å². The molecule has 6 rings (SSSR count). The SMILES string of the molecule is C=C[C@@H]1C[C@]1(CC(=O)[C@@H]1CN(S(=O)(=O)c2ccc3ccccc3c2)CN1C(=O)[C@@H](CC(=O)OC1CCCC1)C(C)(C)C)C(=O)NCC1CC1. The lowest BCUT2D eigenvalue weighted by Crippen LogP contribution is -2.49. The first-order chi connectivity index (χ1) is 23.2. The fourth-order valence-corrected chi connectivity index (χ4v) is 8.92. The predicted octanol–water partition coefficient (Wildman–Crippen LogP) is 5.21. The molecule has 2 aromatic rings. The second kappa shape index (κ2) is 13.6. The molecule has 0 radical (unpaired) electrons. The molecule has 1 saturated heterocycles. The summed E-state index contributed by atoms with van der Waals surface area (Å²) in [4.78, 5) is 56.8. The molecule has 49 heavy (non-hydrogen) atoms. The van der Waals surface area contributed by atoms with Gasteiger partial charge in [-0.25, -0.2) is 8.42 Å². The summed E-state index contributed by atoms with van der Waals surface area (Å²) in [6.45, 7) is 9.41. The van der Waals surface area contributed by atoms with E-state index in [1.807, 2.05) is 45.0 Å². The van der Waals surface area contributed by atoms with Gasteiger partial charge in [-0.1, -0.05) is 57.2 Å². The molecule has 0 spiro atoms. The van der Waals surface area contributed by atoms with Crippen LogP contribution in [-0.2, 0) is 33.9 Å². The maximum Gasteiger partial charge on any atom is 0.306 e. The molecular weight excluding hydrogens is 642 g/mol. The van der Waals surface area contributed by atoms with Crippen molar-refractivity contribution < 1.29 is 32.3 Å². The van der Waals surface area contributed by atoms with Gasteiger partial charge in [-0.15, -0.1) is 6.58 Å². The Morgan fingerprint density at radius 3 is 2.37 bits per heavy atom. The Morgan fingerprint density at radius 1 is 1.04 bits per heavy atom. The summed E-state index contributed by atoms with van der Waals surface area (Å²) in [6.07, 6.45) is 7.41. The van der Waals surface area contributed by atoms with Gasteiger partial charge in [0.15, 0.2) is 5.78 Å². The van der Waals surface area contributed by atoms with E-state index in [9.17, 15) is 27.6 Å². The van der Waals surface area contributed by atoms with Gasteiger partial charge < -0.3 is 15.0 Å². The number of esters is 1. The smallest absolute Gasteiger partial charge is 0.306 e. The lowest BCUT2D eigenvalue weighted by Gasteiger charge is -2.34. The van der Waals surface area contributed by atoms with E-state index in [4.69, 9.17) is 4.74 Å². The minimum Gasteiger partial charge on any atom is -0.462 e. The van der Waals surface area contributed by atoms with E-state index >= 15 is 0 Å². The van der Waals surface area contributed by atoms with Crippen molar-refractivity contribution in [1.29, 1.82) is 0 Å². The normalized spacial score (nSPS) is 25.2. The Labute approximate surface area is 289 Å². The molecule has 0 bridgehead atoms.